The van der Waals surface area contributed by atoms with Gasteiger partial charge in [-0.15, -0.1) is 0 Å². The highest BCUT2D eigenvalue weighted by Gasteiger charge is 2.70. The SMILES string of the molecule is C[C@H]([C@H](O)[C@@H](O)[C@@H](O)C(C)(C)O)[C@H]1CC[C@@]2(C)[C@@H]3[C@@H](O)C=C4[C@@H](CC[C@H](O[C@@H]5O[C@H](CO[C@@H]6O[C@H](CO)[C@@H](O)[C@H](O)[C@H]6O)[C@@H](O)[C@H](O)[C@H]5O)C4(C)C)[C@]3(C)CC[C@]12C. The van der Waals surface area contributed by atoms with E-state index in [1.807, 2.05) is 26.8 Å². The number of ether oxygens (including phenoxy) is 4. The number of rotatable bonds is 11. The number of aliphatic hydroxyl groups is 12. The van der Waals surface area contributed by atoms with Gasteiger partial charge in [-0.2, -0.15) is 0 Å². The fourth-order valence-corrected chi connectivity index (χ4v) is 12.8. The van der Waals surface area contributed by atoms with E-state index in [4.69, 9.17) is 18.9 Å². The molecule has 0 aromatic rings. The van der Waals surface area contributed by atoms with Crippen LogP contribution in [0.3, 0.4) is 0 Å². The van der Waals surface area contributed by atoms with Crippen molar-refractivity contribution in [2.75, 3.05) is 13.2 Å². The van der Waals surface area contributed by atoms with E-state index in [1.54, 1.807) is 0 Å². The summed E-state index contributed by atoms with van der Waals surface area (Å²) in [7, 11) is 0. The molecule has 0 radical (unpaired) electrons. The van der Waals surface area contributed by atoms with Gasteiger partial charge < -0.3 is 80.2 Å². The van der Waals surface area contributed by atoms with Crippen molar-refractivity contribution < 1.29 is 80.2 Å². The van der Waals surface area contributed by atoms with Crippen LogP contribution in [-0.2, 0) is 18.9 Å². The summed E-state index contributed by atoms with van der Waals surface area (Å²) in [6, 6.07) is 0. The molecule has 3 saturated carbocycles. The molecule has 22 atom stereocenters. The highest BCUT2D eigenvalue weighted by Crippen LogP contribution is 2.75. The van der Waals surface area contributed by atoms with E-state index >= 15 is 0 Å². The normalized spacial score (nSPS) is 50.1. The molecule has 0 unspecified atom stereocenters. The van der Waals surface area contributed by atoms with Crippen LogP contribution in [0.1, 0.15) is 93.9 Å². The molecule has 0 spiro atoms. The summed E-state index contributed by atoms with van der Waals surface area (Å²) in [5.41, 5.74) is -2.16. The van der Waals surface area contributed by atoms with Crippen LogP contribution >= 0.6 is 0 Å². The molecule has 6 aliphatic rings. The van der Waals surface area contributed by atoms with E-state index in [0.717, 1.165) is 31.3 Å². The Kier molecular flexibility index (Phi) is 13.1. The summed E-state index contributed by atoms with van der Waals surface area (Å²) in [5.74, 6) is -0.433. The van der Waals surface area contributed by atoms with E-state index in [2.05, 4.69) is 20.8 Å². The van der Waals surface area contributed by atoms with Crippen molar-refractivity contribution in [3.63, 3.8) is 0 Å². The predicted molar refractivity (Wildman–Crippen MR) is 205 cm³/mol. The Morgan fingerprint density at radius 2 is 1.33 bits per heavy atom. The molecule has 6 rings (SSSR count). The zero-order chi connectivity index (χ0) is 43.2. The summed E-state index contributed by atoms with van der Waals surface area (Å²) in [5, 5.41) is 128. The van der Waals surface area contributed by atoms with Gasteiger partial charge in [0.2, 0.25) is 0 Å². The molecular weight excluding hydrogens is 760 g/mol. The minimum Gasteiger partial charge on any atom is -0.394 e. The number of fused-ring (bicyclic) bond motifs is 5. The van der Waals surface area contributed by atoms with Crippen LogP contribution in [-0.4, -0.2) is 172 Å². The molecule has 2 heterocycles. The largest absolute Gasteiger partial charge is 0.394 e. The lowest BCUT2D eigenvalue weighted by Crippen LogP contribution is -2.64. The average molecular weight is 833 g/mol. The van der Waals surface area contributed by atoms with Crippen LogP contribution in [0, 0.1) is 45.3 Å². The first-order valence-electron chi connectivity index (χ1n) is 21.2. The molecule has 336 valence electrons. The Labute approximate surface area is 341 Å². The molecular formula is C42H72O16. The van der Waals surface area contributed by atoms with E-state index in [-0.39, 0.29) is 34.0 Å². The van der Waals surface area contributed by atoms with Gasteiger partial charge in [0.05, 0.1) is 37.1 Å². The van der Waals surface area contributed by atoms with Crippen molar-refractivity contribution in [2.24, 2.45) is 45.3 Å². The van der Waals surface area contributed by atoms with Gasteiger partial charge >= 0.3 is 0 Å². The molecule has 5 fully saturated rings. The minimum absolute atomic E-state index is 0.0129. The molecule has 16 nitrogen and oxygen atoms in total. The zero-order valence-corrected chi connectivity index (χ0v) is 35.2. The highest BCUT2D eigenvalue weighted by atomic mass is 16.7. The van der Waals surface area contributed by atoms with Gasteiger partial charge in [-0.25, -0.2) is 0 Å². The van der Waals surface area contributed by atoms with Crippen molar-refractivity contribution in [3.8, 4) is 0 Å². The lowest BCUT2D eigenvalue weighted by molar-refractivity contribution is -0.340. The van der Waals surface area contributed by atoms with E-state index in [1.165, 1.54) is 13.8 Å². The fraction of sp³-hybridized carbons (Fsp3) is 0.952. The van der Waals surface area contributed by atoms with Crippen LogP contribution in [0.15, 0.2) is 11.6 Å². The van der Waals surface area contributed by atoms with Crippen LogP contribution in [0.2, 0.25) is 0 Å². The molecule has 0 aromatic heterocycles. The minimum atomic E-state index is -1.69. The Balaban J connectivity index is 1.18. The fourth-order valence-electron chi connectivity index (χ4n) is 12.8. The molecule has 0 aromatic carbocycles. The maximum Gasteiger partial charge on any atom is 0.187 e. The van der Waals surface area contributed by atoms with Crippen molar-refractivity contribution in [1.82, 2.24) is 0 Å². The van der Waals surface area contributed by atoms with Crippen LogP contribution in [0.5, 0.6) is 0 Å². The van der Waals surface area contributed by atoms with Gasteiger partial charge in [0.1, 0.15) is 61.0 Å². The van der Waals surface area contributed by atoms with Gasteiger partial charge in [0.25, 0.3) is 0 Å². The predicted octanol–water partition coefficient (Wildman–Crippen LogP) is -0.939. The van der Waals surface area contributed by atoms with Crippen LogP contribution < -0.4 is 0 Å². The summed E-state index contributed by atoms with van der Waals surface area (Å²) >= 11 is 0. The average Bonchev–Trinajstić information content (AvgIpc) is 3.43. The highest BCUT2D eigenvalue weighted by molar-refractivity contribution is 5.33. The van der Waals surface area contributed by atoms with Crippen molar-refractivity contribution in [1.29, 1.82) is 0 Å². The van der Waals surface area contributed by atoms with Gasteiger partial charge in [0, 0.05) is 11.3 Å². The van der Waals surface area contributed by atoms with E-state index in [9.17, 15) is 61.3 Å². The molecule has 0 bridgehead atoms. The molecule has 4 aliphatic carbocycles. The quantitative estimate of drug-likeness (QED) is 0.112. The Bertz CT molecular complexity index is 1470. The maximum absolute atomic E-state index is 12.3. The second kappa shape index (κ2) is 16.3. The molecule has 16 heteroatoms. The van der Waals surface area contributed by atoms with E-state index < -0.39 is 122 Å². The summed E-state index contributed by atoms with van der Waals surface area (Å²) < 4.78 is 23.5. The lowest BCUT2D eigenvalue weighted by atomic mass is 9.38. The van der Waals surface area contributed by atoms with Gasteiger partial charge in [0.15, 0.2) is 12.6 Å². The Hall–Kier alpha value is -0.900. The van der Waals surface area contributed by atoms with E-state index in [0.29, 0.717) is 12.8 Å². The summed E-state index contributed by atoms with van der Waals surface area (Å²) in [6.07, 6.45) is -14.5. The topological polar surface area (TPSA) is 280 Å². The summed E-state index contributed by atoms with van der Waals surface area (Å²) in [4.78, 5) is 0. The Morgan fingerprint density at radius 3 is 1.93 bits per heavy atom. The first kappa shape index (κ1) is 46.6. The van der Waals surface area contributed by atoms with Crippen LogP contribution in [0.4, 0.5) is 0 Å². The third-order valence-corrected chi connectivity index (χ3v) is 16.6. The first-order valence-corrected chi connectivity index (χ1v) is 21.2. The third-order valence-electron chi connectivity index (χ3n) is 16.6. The number of hydrogen-bond acceptors (Lipinski definition) is 16. The van der Waals surface area contributed by atoms with Gasteiger partial charge in [-0.1, -0.05) is 53.2 Å². The van der Waals surface area contributed by atoms with Gasteiger partial charge in [-0.3, -0.25) is 0 Å². The molecule has 0 amide bonds. The monoisotopic (exact) mass is 832 g/mol. The maximum atomic E-state index is 12.3. The number of aliphatic hydroxyl groups excluding tert-OH is 11. The molecule has 12 N–H and O–H groups in total. The smallest absolute Gasteiger partial charge is 0.187 e. The zero-order valence-electron chi connectivity index (χ0n) is 35.2. The summed E-state index contributed by atoms with van der Waals surface area (Å²) in [6.45, 7) is 14.4. The third kappa shape index (κ3) is 7.45. The number of hydrogen-bond donors (Lipinski definition) is 12. The lowest BCUT2D eigenvalue weighted by Gasteiger charge is -2.67. The second-order valence-electron chi connectivity index (χ2n) is 20.5. The molecule has 58 heavy (non-hydrogen) atoms. The molecule has 2 saturated heterocycles. The van der Waals surface area contributed by atoms with Crippen molar-refractivity contribution in [2.45, 2.75) is 191 Å². The standard InChI is InChI=1S/C42H72O16/c1-18(26(45)31(50)35(53)39(4,5)54)19-11-12-42(8)34-22(44)15-21-20(40(34,6)13-14-41(19,42)7)9-10-25(38(21,2)3)58-37-33(52)30(49)28(47)24(57-37)17-55-36-32(51)29(48)27(46)23(16-43)56-36/h15,18-20,22-37,43-54H,9-14,16-17H2,1-8H3/t18-,19+,20+,22-,23+,24+,25-,26-,27+,28+,29-,30-,31+,32+,33+,34+,35+,36+,37-,40-,41+,42-/m0/s1. The van der Waals surface area contributed by atoms with Gasteiger partial charge in [-0.05, 0) is 86.4 Å². The van der Waals surface area contributed by atoms with Crippen molar-refractivity contribution in [3.05, 3.63) is 11.6 Å². The van der Waals surface area contributed by atoms with Crippen molar-refractivity contribution >= 4 is 0 Å². The van der Waals surface area contributed by atoms with Crippen LogP contribution in [0.25, 0.3) is 0 Å². The molecule has 2 aliphatic heterocycles. The Morgan fingerprint density at radius 1 is 0.741 bits per heavy atom. The second-order valence-corrected chi connectivity index (χ2v) is 20.5. The first-order chi connectivity index (χ1) is 26.8.